The van der Waals surface area contributed by atoms with Crippen LogP contribution >= 0.6 is 0 Å². The smallest absolute Gasteiger partial charge is 0.275 e. The molecule has 1 amide bonds. The Bertz CT molecular complexity index is 771. The Kier molecular flexibility index (Phi) is 6.80. The number of likely N-dealkylation sites (N-methyl/N-ethyl adjacent to an activating group) is 1. The molecule has 0 spiro atoms. The van der Waals surface area contributed by atoms with Crippen LogP contribution < -0.4 is 0 Å². The lowest BCUT2D eigenvalue weighted by Crippen LogP contribution is -2.36. The predicted octanol–water partition coefficient (Wildman–Crippen LogP) is 2.30. The fourth-order valence-electron chi connectivity index (χ4n) is 3.66. The minimum absolute atomic E-state index is 0.0634. The molecule has 3 rings (SSSR count). The number of piperidine rings is 1. The van der Waals surface area contributed by atoms with Gasteiger partial charge in [-0.1, -0.05) is 43.3 Å². The zero-order valence-corrected chi connectivity index (χ0v) is 17.1. The maximum atomic E-state index is 12.3. The van der Waals surface area contributed by atoms with Gasteiger partial charge in [0.1, 0.15) is 0 Å². The molecule has 28 heavy (non-hydrogen) atoms. The molecule has 1 N–H and O–H groups in total. The van der Waals surface area contributed by atoms with Gasteiger partial charge in [-0.25, -0.2) is 4.68 Å². The lowest BCUT2D eigenvalue weighted by molar-refractivity contribution is 0.0761. The number of amides is 1. The molecule has 1 aromatic carbocycles. The van der Waals surface area contributed by atoms with Gasteiger partial charge in [-0.05, 0) is 36.4 Å². The van der Waals surface area contributed by atoms with Gasteiger partial charge in [0.05, 0.1) is 18.8 Å². The lowest BCUT2D eigenvalue weighted by atomic mass is 10.0. The molecule has 1 aromatic heterocycles. The van der Waals surface area contributed by atoms with E-state index in [1.54, 1.807) is 13.2 Å². The number of hydrogen-bond donors (Lipinski definition) is 1. The molecule has 7 heteroatoms. The van der Waals surface area contributed by atoms with Gasteiger partial charge in [0, 0.05) is 26.7 Å². The molecule has 0 saturated carbocycles. The van der Waals surface area contributed by atoms with Gasteiger partial charge in [0.2, 0.25) is 0 Å². The molecule has 0 unspecified atom stereocenters. The highest BCUT2D eigenvalue weighted by Crippen LogP contribution is 2.23. The number of carbonyl (C=O) groups is 1. The van der Waals surface area contributed by atoms with Gasteiger partial charge in [-0.15, -0.1) is 5.10 Å². The predicted molar refractivity (Wildman–Crippen MR) is 108 cm³/mol. The second-order valence-corrected chi connectivity index (χ2v) is 7.96. The van der Waals surface area contributed by atoms with Crippen LogP contribution in [-0.2, 0) is 6.54 Å². The summed E-state index contributed by atoms with van der Waals surface area (Å²) in [7, 11) is 1.66. The van der Waals surface area contributed by atoms with Crippen molar-refractivity contribution in [3.05, 3.63) is 47.3 Å². The van der Waals surface area contributed by atoms with Crippen molar-refractivity contribution in [1.82, 2.24) is 24.8 Å². The van der Waals surface area contributed by atoms with E-state index in [1.807, 2.05) is 4.68 Å². The standard InChI is InChI=1S/C21H31N5O2/c1-16(2)18-8-6-17(7-9-18)13-25-10-4-5-19(14-25)26-15-20(22-23-26)21(28)24(3)11-12-27/h6-9,15-16,19,27H,4-5,10-14H2,1-3H3/t19-/m1/s1. The highest BCUT2D eigenvalue weighted by molar-refractivity contribution is 5.91. The van der Waals surface area contributed by atoms with Gasteiger partial charge in [0.25, 0.3) is 5.91 Å². The third-order valence-electron chi connectivity index (χ3n) is 5.42. The Morgan fingerprint density at radius 1 is 1.32 bits per heavy atom. The fourth-order valence-corrected chi connectivity index (χ4v) is 3.66. The zero-order valence-electron chi connectivity index (χ0n) is 17.1. The number of hydrogen-bond acceptors (Lipinski definition) is 5. The molecule has 2 heterocycles. The Morgan fingerprint density at radius 2 is 2.07 bits per heavy atom. The summed E-state index contributed by atoms with van der Waals surface area (Å²) in [4.78, 5) is 16.2. The third kappa shape index (κ3) is 4.97. The number of benzene rings is 1. The molecule has 0 radical (unpaired) electrons. The highest BCUT2D eigenvalue weighted by atomic mass is 16.3. The Balaban J connectivity index is 1.61. The number of likely N-dealkylation sites (tertiary alicyclic amines) is 1. The van der Waals surface area contributed by atoms with Gasteiger partial charge in [-0.2, -0.15) is 0 Å². The van der Waals surface area contributed by atoms with Crippen LogP contribution in [-0.4, -0.2) is 69.1 Å². The fraction of sp³-hybridized carbons (Fsp3) is 0.571. The van der Waals surface area contributed by atoms with Crippen LogP contribution in [0.3, 0.4) is 0 Å². The van der Waals surface area contributed by atoms with Crippen molar-refractivity contribution in [2.24, 2.45) is 0 Å². The summed E-state index contributed by atoms with van der Waals surface area (Å²) < 4.78 is 1.83. The Hall–Kier alpha value is -2.25. The molecule has 1 aliphatic heterocycles. The number of aliphatic hydroxyl groups excluding tert-OH is 1. The summed E-state index contributed by atoms with van der Waals surface area (Å²) in [6, 6.07) is 9.12. The molecule has 7 nitrogen and oxygen atoms in total. The minimum Gasteiger partial charge on any atom is -0.395 e. The van der Waals surface area contributed by atoms with Gasteiger partial charge in [-0.3, -0.25) is 9.69 Å². The lowest BCUT2D eigenvalue weighted by Gasteiger charge is -2.32. The van der Waals surface area contributed by atoms with E-state index in [0.717, 1.165) is 32.5 Å². The molecule has 2 aromatic rings. The largest absolute Gasteiger partial charge is 0.395 e. The average molecular weight is 386 g/mol. The van der Waals surface area contributed by atoms with Crippen molar-refractivity contribution in [1.29, 1.82) is 0 Å². The monoisotopic (exact) mass is 385 g/mol. The maximum Gasteiger partial charge on any atom is 0.275 e. The van der Waals surface area contributed by atoms with Gasteiger partial charge in [0.15, 0.2) is 5.69 Å². The first-order chi connectivity index (χ1) is 13.5. The van der Waals surface area contributed by atoms with Crippen LogP contribution in [0, 0.1) is 0 Å². The number of rotatable bonds is 7. The summed E-state index contributed by atoms with van der Waals surface area (Å²) in [6.07, 6.45) is 3.87. The molecule has 0 bridgehead atoms. The average Bonchev–Trinajstić information content (AvgIpc) is 3.18. The third-order valence-corrected chi connectivity index (χ3v) is 5.42. The van der Waals surface area contributed by atoms with Crippen LogP contribution in [0.25, 0.3) is 0 Å². The zero-order chi connectivity index (χ0) is 20.1. The minimum atomic E-state index is -0.210. The maximum absolute atomic E-state index is 12.3. The van der Waals surface area contributed by atoms with Crippen LogP contribution in [0.1, 0.15) is 60.3 Å². The first-order valence-corrected chi connectivity index (χ1v) is 10.1. The summed E-state index contributed by atoms with van der Waals surface area (Å²) >= 11 is 0. The van der Waals surface area contributed by atoms with Crippen LogP contribution in [0.2, 0.25) is 0 Å². The van der Waals surface area contributed by atoms with E-state index in [2.05, 4.69) is 53.3 Å². The molecular weight excluding hydrogens is 354 g/mol. The number of aliphatic hydroxyl groups is 1. The van der Waals surface area contributed by atoms with E-state index in [1.165, 1.54) is 16.0 Å². The summed E-state index contributed by atoms with van der Waals surface area (Å²) in [5.74, 6) is 0.340. The van der Waals surface area contributed by atoms with E-state index >= 15 is 0 Å². The van der Waals surface area contributed by atoms with Crippen LogP contribution in [0.15, 0.2) is 30.5 Å². The van der Waals surface area contributed by atoms with E-state index in [0.29, 0.717) is 18.2 Å². The van der Waals surface area contributed by atoms with E-state index in [4.69, 9.17) is 5.11 Å². The molecule has 1 saturated heterocycles. The van der Waals surface area contributed by atoms with Crippen LogP contribution in [0.5, 0.6) is 0 Å². The second-order valence-electron chi connectivity index (χ2n) is 7.96. The number of nitrogens with zero attached hydrogens (tertiary/aromatic N) is 5. The molecule has 0 aliphatic carbocycles. The molecule has 1 atom stereocenters. The van der Waals surface area contributed by atoms with Crippen LogP contribution in [0.4, 0.5) is 0 Å². The molecule has 152 valence electrons. The summed E-state index contributed by atoms with van der Waals surface area (Å²) in [5.41, 5.74) is 3.02. The van der Waals surface area contributed by atoms with E-state index in [-0.39, 0.29) is 18.6 Å². The topological polar surface area (TPSA) is 74.5 Å². The van der Waals surface area contributed by atoms with E-state index < -0.39 is 0 Å². The van der Waals surface area contributed by atoms with Crippen molar-refractivity contribution in [3.8, 4) is 0 Å². The first kappa shape index (κ1) is 20.5. The molecule has 1 fully saturated rings. The molecular formula is C21H31N5O2. The normalized spacial score (nSPS) is 17.8. The SMILES string of the molecule is CC(C)c1ccc(CN2CCC[C@@H](n3cc(C(=O)N(C)CCO)nn3)C2)cc1. The summed E-state index contributed by atoms with van der Waals surface area (Å²) in [5, 5.41) is 17.3. The van der Waals surface area contributed by atoms with Crippen molar-refractivity contribution >= 4 is 5.91 Å². The number of aromatic nitrogens is 3. The van der Waals surface area contributed by atoms with Crippen molar-refractivity contribution in [3.63, 3.8) is 0 Å². The van der Waals surface area contributed by atoms with E-state index in [9.17, 15) is 4.79 Å². The van der Waals surface area contributed by atoms with Crippen molar-refractivity contribution in [2.75, 3.05) is 33.3 Å². The van der Waals surface area contributed by atoms with Crippen molar-refractivity contribution in [2.45, 2.75) is 45.2 Å². The van der Waals surface area contributed by atoms with Gasteiger partial charge >= 0.3 is 0 Å². The highest BCUT2D eigenvalue weighted by Gasteiger charge is 2.24. The molecule has 1 aliphatic rings. The first-order valence-electron chi connectivity index (χ1n) is 10.1. The second kappa shape index (κ2) is 9.30. The number of carbonyl (C=O) groups excluding carboxylic acids is 1. The van der Waals surface area contributed by atoms with Gasteiger partial charge < -0.3 is 10.0 Å². The quantitative estimate of drug-likeness (QED) is 0.792. The summed E-state index contributed by atoms with van der Waals surface area (Å²) in [6.45, 7) is 7.54. The van der Waals surface area contributed by atoms with Crippen molar-refractivity contribution < 1.29 is 9.90 Å². The Morgan fingerprint density at radius 3 is 2.75 bits per heavy atom. The Labute approximate surface area is 166 Å².